The van der Waals surface area contributed by atoms with Crippen LogP contribution in [0.3, 0.4) is 0 Å². The fourth-order valence-electron chi connectivity index (χ4n) is 0. The summed E-state index contributed by atoms with van der Waals surface area (Å²) in [7, 11) is 0. The molecule has 0 heterocycles. The Morgan fingerprint density at radius 2 is 0.600 bits per heavy atom. The van der Waals surface area contributed by atoms with Crippen molar-refractivity contribution in [2.75, 3.05) is 0 Å². The van der Waals surface area contributed by atoms with Crippen LogP contribution in [0, 0.1) is 0 Å². The fraction of sp³-hybridized carbons (Fsp3) is 0. The van der Waals surface area contributed by atoms with Gasteiger partial charge in [0.2, 0.25) is 0 Å². The van der Waals surface area contributed by atoms with Crippen molar-refractivity contribution in [3.63, 3.8) is 0 Å². The molecule has 0 aromatic heterocycles. The van der Waals surface area contributed by atoms with Gasteiger partial charge in [0.1, 0.15) is 0 Å². The monoisotopic (exact) mass is 814 g/mol. The van der Waals surface area contributed by atoms with E-state index in [1.807, 2.05) is 0 Å². The van der Waals surface area contributed by atoms with E-state index in [1.165, 1.54) is 0 Å². The molecule has 0 bridgehead atoms. The van der Waals surface area contributed by atoms with Crippen LogP contribution in [0.4, 0.5) is 0 Å². The molecule has 0 unspecified atom stereocenters. The number of hydrogen-bond acceptors (Lipinski definition) is 0. The van der Waals surface area contributed by atoms with Crippen LogP contribution in [0.25, 0.3) is 0 Å². The van der Waals surface area contributed by atoms with Crippen LogP contribution >= 0.6 is 0 Å². The minimum atomic E-state index is 0. The van der Waals surface area contributed by atoms with Crippen molar-refractivity contribution < 1.29 is 104 Å². The minimum absolute atomic E-state index is 0. The van der Waals surface area contributed by atoms with E-state index >= 15 is 0 Å². The molecule has 0 saturated heterocycles. The van der Waals surface area contributed by atoms with Gasteiger partial charge in [-0.25, -0.2) is 0 Å². The fourth-order valence-corrected chi connectivity index (χ4v) is 0. The molecule has 0 saturated carbocycles. The quantitative estimate of drug-likeness (QED) is 0.303. The summed E-state index contributed by atoms with van der Waals surface area (Å²) in [6.07, 6.45) is 0. The van der Waals surface area contributed by atoms with Crippen molar-refractivity contribution in [1.82, 2.24) is 0 Å². The first-order valence-electron chi connectivity index (χ1n) is 0. The summed E-state index contributed by atoms with van der Waals surface area (Å²) in [6, 6.07) is 0. The Hall–Kier alpha value is 3.39. The number of hydrogen-bond donors (Lipinski definition) is 0. The molecule has 0 aromatic rings. The molecule has 40 valence electrons. The second kappa shape index (κ2) is 26.3. The van der Waals surface area contributed by atoms with Crippen LogP contribution in [0.15, 0.2) is 0 Å². The molecule has 0 rings (SSSR count). The standard InChI is InChI=1S/2Au.Cr.2W. The Labute approximate surface area is 102 Å². The normalized spacial score (nSPS) is 0. The average Bonchev–Trinajstić information content (AvgIpc) is 0. The maximum Gasteiger partial charge on any atom is 0 e. The molecular weight excluding hydrogens is 814 g/mol. The summed E-state index contributed by atoms with van der Waals surface area (Å²) < 4.78 is 0. The zero-order chi connectivity index (χ0) is 0. The largest absolute Gasteiger partial charge is 0 e. The van der Waals surface area contributed by atoms with Crippen molar-refractivity contribution >= 4 is 0 Å². The summed E-state index contributed by atoms with van der Waals surface area (Å²) in [6.45, 7) is 0. The van der Waals surface area contributed by atoms with Crippen molar-refractivity contribution in [2.24, 2.45) is 0 Å². The van der Waals surface area contributed by atoms with Crippen molar-refractivity contribution in [1.29, 1.82) is 0 Å². The molecule has 0 amide bonds. The van der Waals surface area contributed by atoms with E-state index in [9.17, 15) is 0 Å². The van der Waals surface area contributed by atoms with Gasteiger partial charge in [-0.15, -0.1) is 0 Å². The first-order valence-corrected chi connectivity index (χ1v) is 0. The number of rotatable bonds is 0. The van der Waals surface area contributed by atoms with Crippen molar-refractivity contribution in [3.05, 3.63) is 0 Å². The predicted octanol–water partition coefficient (Wildman–Crippen LogP) is -0.0125. The van der Waals surface area contributed by atoms with Gasteiger partial charge in [-0.05, 0) is 0 Å². The summed E-state index contributed by atoms with van der Waals surface area (Å²) in [5.74, 6) is 0. The van der Waals surface area contributed by atoms with Gasteiger partial charge in [-0.3, -0.25) is 0 Å². The molecule has 0 spiro atoms. The minimum Gasteiger partial charge on any atom is 0 e. The SMILES string of the molecule is [Au].[Au].[Cr].[W].[W]. The Balaban J connectivity index is 0. The molecule has 0 nitrogen and oxygen atoms in total. The van der Waals surface area contributed by atoms with E-state index in [2.05, 4.69) is 0 Å². The Morgan fingerprint density at radius 1 is 0.600 bits per heavy atom. The maximum atomic E-state index is 0. The molecule has 5 heteroatoms. The molecule has 0 N–H and O–H groups in total. The Kier molecular flexibility index (Phi) is 209. The Bertz CT molecular complexity index is 7.61. The van der Waals surface area contributed by atoms with Crippen molar-refractivity contribution in [3.8, 4) is 0 Å². The summed E-state index contributed by atoms with van der Waals surface area (Å²) in [5.41, 5.74) is 0. The molecule has 0 fully saturated rings. The third kappa shape index (κ3) is 18.7. The van der Waals surface area contributed by atoms with Gasteiger partial charge >= 0.3 is 0 Å². The third-order valence-corrected chi connectivity index (χ3v) is 0. The summed E-state index contributed by atoms with van der Waals surface area (Å²) in [5, 5.41) is 0. The molecule has 2 radical (unpaired) electrons. The predicted molar refractivity (Wildman–Crippen MR) is 0 cm³/mol. The third-order valence-electron chi connectivity index (χ3n) is 0. The molecule has 0 aromatic carbocycles. The van der Waals surface area contributed by atoms with Crippen LogP contribution < -0.4 is 0 Å². The molecule has 0 atom stereocenters. The Morgan fingerprint density at radius 3 is 0.600 bits per heavy atom. The van der Waals surface area contributed by atoms with Gasteiger partial charge in [-0.1, -0.05) is 0 Å². The second-order valence-corrected chi connectivity index (χ2v) is 0. The first kappa shape index (κ1) is 39.9. The topological polar surface area (TPSA) is 0 Å². The molecular formula is Au2CrW2. The van der Waals surface area contributed by atoms with E-state index in [-0.39, 0.29) is 104 Å². The molecule has 5 heavy (non-hydrogen) atoms. The smallest absolute Gasteiger partial charge is 0 e. The molecule has 0 aliphatic heterocycles. The van der Waals surface area contributed by atoms with E-state index in [4.69, 9.17) is 0 Å². The van der Waals surface area contributed by atoms with Gasteiger partial charge < -0.3 is 0 Å². The summed E-state index contributed by atoms with van der Waals surface area (Å²) in [4.78, 5) is 0. The molecule has 0 aliphatic carbocycles. The van der Waals surface area contributed by atoms with Crippen LogP contribution in [0.1, 0.15) is 0 Å². The van der Waals surface area contributed by atoms with Gasteiger partial charge in [0.05, 0.1) is 0 Å². The van der Waals surface area contributed by atoms with Crippen molar-refractivity contribution in [2.45, 2.75) is 0 Å². The zero-order valence-electron chi connectivity index (χ0n) is 1.83. The summed E-state index contributed by atoms with van der Waals surface area (Å²) >= 11 is 0. The zero-order valence-corrected chi connectivity index (χ0v) is 13.3. The van der Waals surface area contributed by atoms with E-state index in [1.54, 1.807) is 0 Å². The van der Waals surface area contributed by atoms with E-state index in [0.29, 0.717) is 0 Å². The van der Waals surface area contributed by atoms with Crippen LogP contribution in [-0.2, 0) is 104 Å². The van der Waals surface area contributed by atoms with Gasteiger partial charge in [-0.2, -0.15) is 0 Å². The van der Waals surface area contributed by atoms with E-state index < -0.39 is 0 Å². The van der Waals surface area contributed by atoms with Gasteiger partial charge in [0.25, 0.3) is 0 Å². The van der Waals surface area contributed by atoms with Crippen LogP contribution in [0.2, 0.25) is 0 Å². The second-order valence-electron chi connectivity index (χ2n) is 0. The van der Waals surface area contributed by atoms with Gasteiger partial charge in [0.15, 0.2) is 0 Å². The van der Waals surface area contributed by atoms with Crippen LogP contribution in [0.5, 0.6) is 0 Å². The first-order chi connectivity index (χ1) is 0. The van der Waals surface area contributed by atoms with Gasteiger partial charge in [0, 0.05) is 104 Å². The average molecular weight is 814 g/mol. The maximum absolute atomic E-state index is 0. The van der Waals surface area contributed by atoms with E-state index in [0.717, 1.165) is 0 Å². The molecule has 0 aliphatic rings. The van der Waals surface area contributed by atoms with Crippen LogP contribution in [-0.4, -0.2) is 0 Å².